The zero-order valence-electron chi connectivity index (χ0n) is 11.3. The van der Waals surface area contributed by atoms with Gasteiger partial charge in [-0.15, -0.1) is 0 Å². The highest BCUT2D eigenvalue weighted by molar-refractivity contribution is 5.76. The highest BCUT2D eigenvalue weighted by Crippen LogP contribution is 2.43. The molecule has 0 N–H and O–H groups in total. The molecule has 2 aromatic heterocycles. The minimum atomic E-state index is 0.569. The fourth-order valence-corrected chi connectivity index (χ4v) is 2.60. The number of nitrogens with zero attached hydrogens (tertiary/aromatic N) is 3. The van der Waals surface area contributed by atoms with Gasteiger partial charge in [0.05, 0.1) is 17.2 Å². The van der Waals surface area contributed by atoms with Crippen molar-refractivity contribution in [1.82, 2.24) is 15.1 Å². The van der Waals surface area contributed by atoms with E-state index in [2.05, 4.69) is 22.0 Å². The Morgan fingerprint density at radius 1 is 1.20 bits per heavy atom. The van der Waals surface area contributed by atoms with Gasteiger partial charge in [0.1, 0.15) is 17.1 Å². The molecule has 1 saturated carbocycles. The van der Waals surface area contributed by atoms with Crippen molar-refractivity contribution in [1.29, 1.82) is 0 Å². The van der Waals surface area contributed by atoms with Crippen molar-refractivity contribution in [2.24, 2.45) is 0 Å². The Kier molecular flexibility index (Phi) is 2.55. The van der Waals surface area contributed by atoms with E-state index in [0.717, 1.165) is 34.6 Å². The first-order chi connectivity index (χ1) is 9.86. The first-order valence-electron chi connectivity index (χ1n) is 7.07. The second-order valence-corrected chi connectivity index (χ2v) is 5.25. The quantitative estimate of drug-likeness (QED) is 0.724. The Morgan fingerprint density at radius 3 is 2.75 bits per heavy atom. The van der Waals surface area contributed by atoms with Crippen LogP contribution in [0.15, 0.2) is 35.0 Å². The van der Waals surface area contributed by atoms with Crippen molar-refractivity contribution in [2.45, 2.75) is 32.1 Å². The van der Waals surface area contributed by atoms with Crippen LogP contribution in [0.2, 0.25) is 0 Å². The highest BCUT2D eigenvalue weighted by Gasteiger charge is 2.32. The fraction of sp³-hybridized carbons (Fsp3) is 0.312. The molecule has 1 fully saturated rings. The first-order valence-corrected chi connectivity index (χ1v) is 7.07. The summed E-state index contributed by atoms with van der Waals surface area (Å²) in [5, 5.41) is 4.25. The average Bonchev–Trinajstić information content (AvgIpc) is 3.25. The maximum atomic E-state index is 5.56. The van der Waals surface area contributed by atoms with Crippen LogP contribution in [0.4, 0.5) is 0 Å². The summed E-state index contributed by atoms with van der Waals surface area (Å²) in [4.78, 5) is 9.12. The van der Waals surface area contributed by atoms with Crippen LogP contribution in [0.5, 0.6) is 0 Å². The number of aromatic nitrogens is 3. The summed E-state index contributed by atoms with van der Waals surface area (Å²) in [5.74, 6) is 1.62. The lowest BCUT2D eigenvalue weighted by atomic mass is 10.1. The van der Waals surface area contributed by atoms with Gasteiger partial charge in [-0.25, -0.2) is 4.98 Å². The van der Waals surface area contributed by atoms with Gasteiger partial charge in [0.15, 0.2) is 0 Å². The number of hydrogen-bond acceptors (Lipinski definition) is 4. The number of rotatable bonds is 3. The molecule has 0 saturated heterocycles. The molecule has 100 valence electrons. The normalized spacial score (nSPS) is 14.8. The zero-order valence-corrected chi connectivity index (χ0v) is 11.3. The maximum absolute atomic E-state index is 5.56. The van der Waals surface area contributed by atoms with E-state index in [-0.39, 0.29) is 0 Å². The molecule has 20 heavy (non-hydrogen) atoms. The van der Waals surface area contributed by atoms with Gasteiger partial charge in [-0.3, -0.25) is 4.98 Å². The summed E-state index contributed by atoms with van der Waals surface area (Å²) in [5.41, 5.74) is 4.64. The number of hydrogen-bond donors (Lipinski definition) is 0. The van der Waals surface area contributed by atoms with Crippen LogP contribution in [-0.4, -0.2) is 15.1 Å². The standard InChI is InChI=1S/C16H15N3O/c1-2-11-15(19-20-16(11)10-7-8-10)14-9-17-12-5-3-4-6-13(12)18-14/h3-6,9-10H,2,7-8H2,1H3. The van der Waals surface area contributed by atoms with E-state index in [1.54, 1.807) is 6.20 Å². The van der Waals surface area contributed by atoms with E-state index >= 15 is 0 Å². The van der Waals surface area contributed by atoms with Crippen molar-refractivity contribution in [3.05, 3.63) is 41.8 Å². The number of para-hydroxylation sites is 2. The summed E-state index contributed by atoms with van der Waals surface area (Å²) in [7, 11) is 0. The topological polar surface area (TPSA) is 51.8 Å². The molecule has 4 rings (SSSR count). The van der Waals surface area contributed by atoms with Crippen molar-refractivity contribution in [2.75, 3.05) is 0 Å². The van der Waals surface area contributed by atoms with E-state index in [4.69, 9.17) is 4.52 Å². The lowest BCUT2D eigenvalue weighted by Gasteiger charge is -2.01. The third kappa shape index (κ3) is 1.80. The molecule has 0 atom stereocenters. The summed E-state index contributed by atoms with van der Waals surface area (Å²) >= 11 is 0. The molecule has 1 aliphatic rings. The Balaban J connectivity index is 1.85. The van der Waals surface area contributed by atoms with Gasteiger partial charge in [-0.1, -0.05) is 24.2 Å². The molecule has 0 aliphatic heterocycles. The van der Waals surface area contributed by atoms with Gasteiger partial charge in [0.25, 0.3) is 0 Å². The van der Waals surface area contributed by atoms with Crippen molar-refractivity contribution in [3.63, 3.8) is 0 Å². The van der Waals surface area contributed by atoms with E-state index in [1.165, 1.54) is 18.4 Å². The Labute approximate surface area is 116 Å². The smallest absolute Gasteiger partial charge is 0.143 e. The average molecular weight is 265 g/mol. The summed E-state index contributed by atoms with van der Waals surface area (Å²) in [6.07, 6.45) is 5.13. The van der Waals surface area contributed by atoms with Crippen LogP contribution in [0, 0.1) is 0 Å². The lowest BCUT2D eigenvalue weighted by Crippen LogP contribution is -1.93. The van der Waals surface area contributed by atoms with Gasteiger partial charge < -0.3 is 4.52 Å². The number of fused-ring (bicyclic) bond motifs is 1. The second-order valence-electron chi connectivity index (χ2n) is 5.25. The SMILES string of the molecule is CCc1c(-c2cnc3ccccc3n2)noc1C1CC1. The first kappa shape index (κ1) is 11.6. The van der Waals surface area contributed by atoms with Gasteiger partial charge in [-0.05, 0) is 31.4 Å². The molecule has 1 aliphatic carbocycles. The Hall–Kier alpha value is -2.23. The van der Waals surface area contributed by atoms with Crippen molar-refractivity contribution in [3.8, 4) is 11.4 Å². The molecule has 0 radical (unpaired) electrons. The van der Waals surface area contributed by atoms with Gasteiger partial charge in [0.2, 0.25) is 0 Å². The fourth-order valence-electron chi connectivity index (χ4n) is 2.60. The maximum Gasteiger partial charge on any atom is 0.143 e. The molecule has 0 unspecified atom stereocenters. The summed E-state index contributed by atoms with van der Waals surface area (Å²) in [6, 6.07) is 7.88. The molecule has 2 heterocycles. The van der Waals surface area contributed by atoms with Crippen LogP contribution in [-0.2, 0) is 6.42 Å². The van der Waals surface area contributed by atoms with Crippen LogP contribution in [0.25, 0.3) is 22.4 Å². The monoisotopic (exact) mass is 265 g/mol. The zero-order chi connectivity index (χ0) is 13.5. The van der Waals surface area contributed by atoms with E-state index in [9.17, 15) is 0 Å². The highest BCUT2D eigenvalue weighted by atomic mass is 16.5. The largest absolute Gasteiger partial charge is 0.360 e. The van der Waals surface area contributed by atoms with Crippen molar-refractivity contribution >= 4 is 11.0 Å². The number of benzene rings is 1. The van der Waals surface area contributed by atoms with E-state index in [0.29, 0.717) is 5.92 Å². The Bertz CT molecular complexity index is 774. The van der Waals surface area contributed by atoms with Crippen molar-refractivity contribution < 1.29 is 4.52 Å². The molecule has 1 aromatic carbocycles. The second kappa shape index (κ2) is 4.40. The molecule has 4 nitrogen and oxygen atoms in total. The summed E-state index contributed by atoms with van der Waals surface area (Å²) in [6.45, 7) is 2.14. The van der Waals surface area contributed by atoms with Gasteiger partial charge in [0, 0.05) is 11.5 Å². The van der Waals surface area contributed by atoms with Gasteiger partial charge >= 0.3 is 0 Å². The summed E-state index contributed by atoms with van der Waals surface area (Å²) < 4.78 is 5.56. The van der Waals surface area contributed by atoms with E-state index < -0.39 is 0 Å². The van der Waals surface area contributed by atoms with Crippen LogP contribution >= 0.6 is 0 Å². The predicted molar refractivity (Wildman–Crippen MR) is 76.4 cm³/mol. The predicted octanol–water partition coefficient (Wildman–Crippen LogP) is 3.72. The lowest BCUT2D eigenvalue weighted by molar-refractivity contribution is 0.384. The van der Waals surface area contributed by atoms with Crippen LogP contribution in [0.3, 0.4) is 0 Å². The van der Waals surface area contributed by atoms with E-state index in [1.807, 2.05) is 24.3 Å². The molecular formula is C16H15N3O. The third-order valence-corrected chi connectivity index (χ3v) is 3.81. The Morgan fingerprint density at radius 2 is 2.00 bits per heavy atom. The van der Waals surface area contributed by atoms with Crippen LogP contribution < -0.4 is 0 Å². The molecule has 0 spiro atoms. The molecule has 3 aromatic rings. The molecular weight excluding hydrogens is 250 g/mol. The van der Waals surface area contributed by atoms with Crippen LogP contribution in [0.1, 0.15) is 37.0 Å². The molecule has 0 bridgehead atoms. The third-order valence-electron chi connectivity index (χ3n) is 3.81. The molecule has 0 amide bonds. The molecule has 4 heteroatoms. The van der Waals surface area contributed by atoms with Gasteiger partial charge in [-0.2, -0.15) is 0 Å². The minimum absolute atomic E-state index is 0.569. The minimum Gasteiger partial charge on any atom is -0.360 e.